The monoisotopic (exact) mass is 272 g/mol. The Morgan fingerprint density at radius 1 is 1.21 bits per heavy atom. The van der Waals surface area contributed by atoms with Crippen LogP contribution in [0.3, 0.4) is 0 Å². The zero-order chi connectivity index (χ0) is 13.7. The van der Waals surface area contributed by atoms with Gasteiger partial charge in [0.2, 0.25) is 0 Å². The van der Waals surface area contributed by atoms with Gasteiger partial charge in [0.15, 0.2) is 0 Å². The lowest BCUT2D eigenvalue weighted by Crippen LogP contribution is -2.22. The molecule has 1 aromatic carbocycles. The van der Waals surface area contributed by atoms with Crippen molar-refractivity contribution in [2.75, 3.05) is 19.8 Å². The van der Waals surface area contributed by atoms with E-state index in [-0.39, 0.29) is 0 Å². The molecule has 6 heteroatoms. The third kappa shape index (κ3) is 4.08. The van der Waals surface area contributed by atoms with Gasteiger partial charge < -0.3 is 15.0 Å². The fraction of sp³-hybridized carbons (Fsp3) is 0.385. The number of halogens is 3. The van der Waals surface area contributed by atoms with Gasteiger partial charge >= 0.3 is 6.18 Å². The van der Waals surface area contributed by atoms with Gasteiger partial charge in [-0.25, -0.2) is 0 Å². The molecule has 0 radical (unpaired) electrons. The quantitative estimate of drug-likeness (QED) is 0.834. The first-order chi connectivity index (χ1) is 9.05. The number of hydrogen-bond acceptors (Lipinski definition) is 3. The van der Waals surface area contributed by atoms with Gasteiger partial charge in [-0.1, -0.05) is 0 Å². The van der Waals surface area contributed by atoms with Crippen molar-refractivity contribution in [1.29, 1.82) is 0 Å². The number of ether oxygens (including phenoxy) is 1. The van der Waals surface area contributed by atoms with E-state index in [4.69, 9.17) is 4.74 Å². The van der Waals surface area contributed by atoms with Crippen LogP contribution in [0.25, 0.3) is 0 Å². The maximum atomic E-state index is 12.3. The van der Waals surface area contributed by atoms with Gasteiger partial charge in [-0.2, -0.15) is 13.2 Å². The first kappa shape index (κ1) is 13.6. The zero-order valence-corrected chi connectivity index (χ0v) is 10.3. The summed E-state index contributed by atoms with van der Waals surface area (Å²) in [6.45, 7) is 2.13. The van der Waals surface area contributed by atoms with E-state index in [1.807, 2.05) is 12.4 Å². The molecule has 1 aromatic rings. The lowest BCUT2D eigenvalue weighted by atomic mass is 10.2. The lowest BCUT2D eigenvalue weighted by molar-refractivity contribution is -0.137. The molecule has 0 aromatic heterocycles. The number of nitrogens with zero attached hydrogens (tertiary/aromatic N) is 1. The summed E-state index contributed by atoms with van der Waals surface area (Å²) in [5.74, 6) is 0.461. The number of rotatable bonds is 5. The molecule has 1 heterocycles. The molecule has 3 nitrogen and oxygen atoms in total. The van der Waals surface area contributed by atoms with Crippen molar-refractivity contribution in [3.05, 3.63) is 42.2 Å². The highest BCUT2D eigenvalue weighted by Crippen LogP contribution is 2.30. The molecule has 0 aliphatic carbocycles. The fourth-order valence-electron chi connectivity index (χ4n) is 1.73. The molecule has 0 bridgehead atoms. The van der Waals surface area contributed by atoms with Gasteiger partial charge in [0, 0.05) is 18.9 Å². The average Bonchev–Trinajstić information content (AvgIpc) is 2.87. The zero-order valence-electron chi connectivity index (χ0n) is 10.3. The SMILES string of the molecule is FC(F)(F)c1ccc(OCCCN2C=CNC2)cc1. The van der Waals surface area contributed by atoms with E-state index in [0.717, 1.165) is 31.8 Å². The number of hydrogen-bond donors (Lipinski definition) is 1. The Bertz CT molecular complexity index is 429. The Morgan fingerprint density at radius 2 is 1.95 bits per heavy atom. The van der Waals surface area contributed by atoms with E-state index in [0.29, 0.717) is 12.4 Å². The molecular formula is C13H15F3N2O. The third-order valence-corrected chi connectivity index (χ3v) is 2.74. The molecule has 1 aliphatic rings. The number of alkyl halides is 3. The van der Waals surface area contributed by atoms with Crippen LogP contribution in [0.1, 0.15) is 12.0 Å². The summed E-state index contributed by atoms with van der Waals surface area (Å²) in [7, 11) is 0. The van der Waals surface area contributed by atoms with E-state index >= 15 is 0 Å². The molecular weight excluding hydrogens is 257 g/mol. The summed E-state index contributed by atoms with van der Waals surface area (Å²) < 4.78 is 42.4. The van der Waals surface area contributed by atoms with Gasteiger partial charge in [0.05, 0.1) is 18.8 Å². The Hall–Kier alpha value is -1.85. The largest absolute Gasteiger partial charge is 0.494 e. The fourth-order valence-corrected chi connectivity index (χ4v) is 1.73. The minimum atomic E-state index is -4.30. The molecule has 104 valence electrons. The Kier molecular flexibility index (Phi) is 4.19. The number of benzene rings is 1. The molecule has 19 heavy (non-hydrogen) atoms. The molecule has 0 amide bonds. The van der Waals surface area contributed by atoms with Crippen molar-refractivity contribution in [1.82, 2.24) is 10.2 Å². The average molecular weight is 272 g/mol. The second-order valence-electron chi connectivity index (χ2n) is 4.21. The minimum Gasteiger partial charge on any atom is -0.494 e. The second kappa shape index (κ2) is 5.86. The second-order valence-corrected chi connectivity index (χ2v) is 4.21. The van der Waals surface area contributed by atoms with Crippen molar-refractivity contribution >= 4 is 0 Å². The summed E-state index contributed by atoms with van der Waals surface area (Å²) in [4.78, 5) is 2.09. The van der Waals surface area contributed by atoms with Crippen LogP contribution in [0.4, 0.5) is 13.2 Å². The predicted octanol–water partition coefficient (Wildman–Crippen LogP) is 2.81. The topological polar surface area (TPSA) is 24.5 Å². The minimum absolute atomic E-state index is 0.461. The molecule has 0 unspecified atom stereocenters. The van der Waals surface area contributed by atoms with E-state index in [1.165, 1.54) is 12.1 Å². The normalized spacial score (nSPS) is 14.6. The predicted molar refractivity (Wildman–Crippen MR) is 65.4 cm³/mol. The van der Waals surface area contributed by atoms with Crippen LogP contribution >= 0.6 is 0 Å². The first-order valence-electron chi connectivity index (χ1n) is 6.00. The molecule has 1 N–H and O–H groups in total. The van der Waals surface area contributed by atoms with E-state index in [9.17, 15) is 13.2 Å². The summed E-state index contributed by atoms with van der Waals surface area (Å²) in [6, 6.07) is 4.76. The van der Waals surface area contributed by atoms with E-state index in [2.05, 4.69) is 10.2 Å². The molecule has 0 fully saturated rings. The summed E-state index contributed by atoms with van der Waals surface area (Å²) >= 11 is 0. The standard InChI is InChI=1S/C13H15F3N2O/c14-13(15,16)11-2-4-12(5-3-11)19-9-1-7-18-8-6-17-10-18/h2-6,8,17H,1,7,9-10H2. The maximum absolute atomic E-state index is 12.3. The maximum Gasteiger partial charge on any atom is 0.416 e. The van der Waals surface area contributed by atoms with Gasteiger partial charge in [0.25, 0.3) is 0 Å². The lowest BCUT2D eigenvalue weighted by Gasteiger charge is -2.14. The van der Waals surface area contributed by atoms with Gasteiger partial charge in [0.1, 0.15) is 5.75 Å². The molecule has 0 atom stereocenters. The van der Waals surface area contributed by atoms with Crippen molar-refractivity contribution in [2.24, 2.45) is 0 Å². The Morgan fingerprint density at radius 3 is 2.53 bits per heavy atom. The van der Waals surface area contributed by atoms with E-state index < -0.39 is 11.7 Å². The van der Waals surface area contributed by atoms with Crippen LogP contribution in [0.15, 0.2) is 36.7 Å². The first-order valence-corrected chi connectivity index (χ1v) is 6.00. The van der Waals surface area contributed by atoms with Crippen LogP contribution in [0.2, 0.25) is 0 Å². The van der Waals surface area contributed by atoms with Crippen LogP contribution in [-0.2, 0) is 6.18 Å². The van der Waals surface area contributed by atoms with Crippen LogP contribution in [0.5, 0.6) is 5.75 Å². The highest BCUT2D eigenvalue weighted by atomic mass is 19.4. The van der Waals surface area contributed by atoms with Gasteiger partial charge in [-0.15, -0.1) is 0 Å². The summed E-state index contributed by atoms with van der Waals surface area (Å²) in [5, 5.41) is 3.05. The summed E-state index contributed by atoms with van der Waals surface area (Å²) in [6.07, 6.45) is 0.343. The smallest absolute Gasteiger partial charge is 0.416 e. The Balaban J connectivity index is 1.72. The highest BCUT2D eigenvalue weighted by molar-refractivity contribution is 5.28. The molecule has 2 rings (SSSR count). The van der Waals surface area contributed by atoms with Crippen LogP contribution in [0, 0.1) is 0 Å². The van der Waals surface area contributed by atoms with Crippen molar-refractivity contribution in [3.8, 4) is 5.75 Å². The van der Waals surface area contributed by atoms with Crippen molar-refractivity contribution < 1.29 is 17.9 Å². The van der Waals surface area contributed by atoms with Gasteiger partial charge in [-0.05, 0) is 30.7 Å². The molecule has 0 spiro atoms. The van der Waals surface area contributed by atoms with Crippen molar-refractivity contribution in [3.63, 3.8) is 0 Å². The highest BCUT2D eigenvalue weighted by Gasteiger charge is 2.29. The van der Waals surface area contributed by atoms with Crippen molar-refractivity contribution in [2.45, 2.75) is 12.6 Å². The van der Waals surface area contributed by atoms with E-state index in [1.54, 1.807) is 0 Å². The Labute approximate surface area is 109 Å². The third-order valence-electron chi connectivity index (χ3n) is 2.74. The molecule has 1 aliphatic heterocycles. The number of nitrogens with one attached hydrogen (secondary N) is 1. The van der Waals surface area contributed by atoms with Crippen LogP contribution < -0.4 is 10.1 Å². The molecule has 0 saturated heterocycles. The van der Waals surface area contributed by atoms with Crippen LogP contribution in [-0.4, -0.2) is 24.7 Å². The van der Waals surface area contributed by atoms with Gasteiger partial charge in [-0.3, -0.25) is 0 Å². The summed E-state index contributed by atoms with van der Waals surface area (Å²) in [5.41, 5.74) is -0.659. The molecule has 0 saturated carbocycles.